The first-order valence-electron chi connectivity index (χ1n) is 13.0. The number of nitrogens with zero attached hydrogens (tertiary/aromatic N) is 6. The Morgan fingerprint density at radius 3 is 2.62 bits per heavy atom. The number of alkyl halides is 5. The Balaban J connectivity index is 1.70. The number of amides is 3. The van der Waals surface area contributed by atoms with E-state index in [0.29, 0.717) is 5.56 Å². The summed E-state index contributed by atoms with van der Waals surface area (Å²) in [4.78, 5) is 30.9. The van der Waals surface area contributed by atoms with E-state index in [1.807, 2.05) is 0 Å². The summed E-state index contributed by atoms with van der Waals surface area (Å²) < 4.78 is 80.6. The Kier molecular flexibility index (Phi) is 8.44. The van der Waals surface area contributed by atoms with Gasteiger partial charge in [0.05, 0.1) is 55.3 Å². The number of nitrogens with one attached hydrogen (secondary N) is 2. The number of ether oxygens (including phenoxy) is 1. The zero-order valence-electron chi connectivity index (χ0n) is 23.5. The molecule has 0 spiro atoms. The summed E-state index contributed by atoms with van der Waals surface area (Å²) in [5.74, 6) is -4.67. The van der Waals surface area contributed by atoms with Crippen molar-refractivity contribution in [2.75, 3.05) is 26.8 Å². The van der Waals surface area contributed by atoms with Crippen molar-refractivity contribution in [3.8, 4) is 0 Å². The summed E-state index contributed by atoms with van der Waals surface area (Å²) in [7, 11) is 1.36. The van der Waals surface area contributed by atoms with E-state index in [9.17, 15) is 31.5 Å². The van der Waals surface area contributed by atoms with E-state index in [-0.39, 0.29) is 35.8 Å². The molecule has 0 aromatic carbocycles. The van der Waals surface area contributed by atoms with Gasteiger partial charge >= 0.3 is 12.2 Å². The summed E-state index contributed by atoms with van der Waals surface area (Å²) >= 11 is 0. The van der Waals surface area contributed by atoms with Crippen LogP contribution < -0.4 is 10.6 Å². The molecule has 1 fully saturated rings. The Morgan fingerprint density at radius 2 is 2.00 bits per heavy atom. The molecule has 0 saturated carbocycles. The van der Waals surface area contributed by atoms with Crippen LogP contribution in [0.15, 0.2) is 23.1 Å². The number of carbonyl (C=O) groups excluding carboxylic acids is 2. The first-order valence-corrected chi connectivity index (χ1v) is 13.0. The second-order valence-corrected chi connectivity index (χ2v) is 11.1. The normalized spacial score (nSPS) is 18.0. The van der Waals surface area contributed by atoms with E-state index in [0.717, 1.165) is 18.7 Å². The van der Waals surface area contributed by atoms with Gasteiger partial charge in [0.2, 0.25) is 0 Å². The van der Waals surface area contributed by atoms with Gasteiger partial charge in [0.25, 0.3) is 11.8 Å². The fourth-order valence-electron chi connectivity index (χ4n) is 4.89. The molecule has 4 rings (SSSR count). The number of halogens is 5. The number of methoxy groups -OCH3 is 1. The molecule has 1 aliphatic rings. The maximum Gasteiger partial charge on any atom is 0.393 e. The molecule has 12 nitrogen and oxygen atoms in total. The summed E-state index contributed by atoms with van der Waals surface area (Å²) in [6.07, 6.45) is -2.07. The molecule has 0 unspecified atom stereocenters. The van der Waals surface area contributed by atoms with Gasteiger partial charge in [-0.25, -0.2) is 27.7 Å². The Hall–Kier alpha value is -3.89. The number of rotatable bonds is 10. The highest BCUT2D eigenvalue weighted by molar-refractivity contribution is 5.93. The van der Waals surface area contributed by atoms with E-state index >= 15 is 0 Å². The van der Waals surface area contributed by atoms with Crippen molar-refractivity contribution in [1.29, 1.82) is 0 Å². The number of hydrogen-bond acceptors (Lipinski definition) is 8. The lowest BCUT2D eigenvalue weighted by atomic mass is 9.79. The predicted molar refractivity (Wildman–Crippen MR) is 136 cm³/mol. The van der Waals surface area contributed by atoms with Crippen molar-refractivity contribution < 1.29 is 40.9 Å². The van der Waals surface area contributed by atoms with Crippen molar-refractivity contribution in [1.82, 2.24) is 40.4 Å². The van der Waals surface area contributed by atoms with Crippen LogP contribution >= 0.6 is 0 Å². The average Bonchev–Trinajstić information content (AvgIpc) is 3.51. The number of fused-ring (bicyclic) bond motifs is 1. The number of imidazole rings is 1. The number of aryl methyl sites for hydroxylation is 1. The Labute approximate surface area is 236 Å². The van der Waals surface area contributed by atoms with Crippen LogP contribution in [0.3, 0.4) is 0 Å². The van der Waals surface area contributed by atoms with Crippen LogP contribution in [0.2, 0.25) is 0 Å². The molecule has 2 N–H and O–H groups in total. The maximum atomic E-state index is 14.1. The first kappa shape index (κ1) is 31.1. The molecular weight excluding hydrogens is 571 g/mol. The predicted octanol–water partition coefficient (Wildman–Crippen LogP) is 3.85. The molecule has 3 amide bonds. The van der Waals surface area contributed by atoms with Crippen LogP contribution in [0.25, 0.3) is 5.65 Å². The molecular formula is C25H31F5N8O4. The lowest BCUT2D eigenvalue weighted by Crippen LogP contribution is -2.58. The zero-order valence-corrected chi connectivity index (χ0v) is 23.5. The van der Waals surface area contributed by atoms with Crippen LogP contribution in [-0.2, 0) is 4.74 Å². The van der Waals surface area contributed by atoms with Crippen LogP contribution in [0.1, 0.15) is 66.7 Å². The number of urea groups is 1. The highest BCUT2D eigenvalue weighted by Gasteiger charge is 2.49. The first-order chi connectivity index (χ1) is 19.5. The molecule has 0 radical (unpaired) electrons. The van der Waals surface area contributed by atoms with E-state index in [1.54, 1.807) is 6.92 Å². The van der Waals surface area contributed by atoms with E-state index in [2.05, 4.69) is 35.7 Å². The molecule has 0 bridgehead atoms. The van der Waals surface area contributed by atoms with Gasteiger partial charge in [-0.2, -0.15) is 18.3 Å². The van der Waals surface area contributed by atoms with Crippen LogP contribution in [-0.4, -0.2) is 80.7 Å². The molecule has 1 aliphatic heterocycles. The van der Waals surface area contributed by atoms with Crippen molar-refractivity contribution in [2.45, 2.75) is 58.3 Å². The average molecular weight is 603 g/mol. The van der Waals surface area contributed by atoms with Gasteiger partial charge in [0, 0.05) is 12.7 Å². The molecule has 3 aromatic rings. The monoisotopic (exact) mass is 602 g/mol. The molecule has 0 aliphatic carbocycles. The standard InChI is InChI=1S/C25H31F5N8O4/c1-13(7-23(3,4)25(28,29)30)19(34-21(39)20-14(2)35-42-36-20)16-9-38-18(33-16)6-15(8-32-38)17(10-41-5)37-12-24(26,27)11-31-22(37)40/h6,8-9,13,17,19H,7,10-12H2,1-5H3,(H,31,40)(H,34,39)/t13-,17-,19+/m1/s1. The second-order valence-electron chi connectivity index (χ2n) is 11.1. The quantitative estimate of drug-likeness (QED) is 0.334. The van der Waals surface area contributed by atoms with Gasteiger partial charge in [-0.1, -0.05) is 25.9 Å². The van der Waals surface area contributed by atoms with E-state index in [1.165, 1.54) is 37.0 Å². The summed E-state index contributed by atoms with van der Waals surface area (Å²) in [5, 5.41) is 16.3. The molecule has 4 heterocycles. The number of carbonyl (C=O) groups is 2. The largest absolute Gasteiger partial charge is 0.393 e. The fraction of sp³-hybridized carbons (Fsp3) is 0.600. The van der Waals surface area contributed by atoms with Gasteiger partial charge in [-0.3, -0.25) is 4.79 Å². The third-order valence-electron chi connectivity index (χ3n) is 7.25. The zero-order chi connectivity index (χ0) is 31.0. The summed E-state index contributed by atoms with van der Waals surface area (Å²) in [5.41, 5.74) is -1.30. The number of aromatic nitrogens is 5. The highest BCUT2D eigenvalue weighted by atomic mass is 19.4. The van der Waals surface area contributed by atoms with Gasteiger partial charge < -0.3 is 20.3 Å². The lowest BCUT2D eigenvalue weighted by Gasteiger charge is -2.38. The lowest BCUT2D eigenvalue weighted by molar-refractivity contribution is -0.217. The van der Waals surface area contributed by atoms with Gasteiger partial charge in [-0.05, 0) is 30.5 Å². The molecule has 42 heavy (non-hydrogen) atoms. The third-order valence-corrected chi connectivity index (χ3v) is 7.25. The second kappa shape index (κ2) is 11.4. The summed E-state index contributed by atoms with van der Waals surface area (Å²) in [6, 6.07) is -1.16. The third kappa shape index (κ3) is 6.44. The molecule has 1 saturated heterocycles. The van der Waals surface area contributed by atoms with Crippen molar-refractivity contribution in [3.63, 3.8) is 0 Å². The molecule has 3 atom stereocenters. The SMILES string of the molecule is COC[C@H](c1cnn2cc([C@@H](NC(=O)c3nonc3C)[C@H](C)CC(C)(C)C(F)(F)F)nc2c1)N1CC(F)(F)CNC1=O. The molecule has 17 heteroatoms. The maximum absolute atomic E-state index is 14.1. The molecule has 3 aromatic heterocycles. The Morgan fingerprint density at radius 1 is 1.29 bits per heavy atom. The fourth-order valence-corrected chi connectivity index (χ4v) is 4.89. The number of hydrogen-bond donors (Lipinski definition) is 2. The van der Waals surface area contributed by atoms with Gasteiger partial charge in [-0.15, -0.1) is 0 Å². The van der Waals surface area contributed by atoms with Crippen LogP contribution in [0.5, 0.6) is 0 Å². The van der Waals surface area contributed by atoms with Gasteiger partial charge in [0.1, 0.15) is 5.69 Å². The van der Waals surface area contributed by atoms with Crippen LogP contribution in [0, 0.1) is 18.3 Å². The van der Waals surface area contributed by atoms with Crippen LogP contribution in [0.4, 0.5) is 26.7 Å². The Bertz CT molecular complexity index is 1440. The minimum atomic E-state index is -4.51. The molecule has 230 valence electrons. The van der Waals surface area contributed by atoms with Crippen molar-refractivity contribution >= 4 is 17.6 Å². The van der Waals surface area contributed by atoms with E-state index in [4.69, 9.17) is 4.74 Å². The van der Waals surface area contributed by atoms with Crippen molar-refractivity contribution in [2.24, 2.45) is 11.3 Å². The minimum absolute atomic E-state index is 0.123. The van der Waals surface area contributed by atoms with Crippen molar-refractivity contribution in [3.05, 3.63) is 41.1 Å². The summed E-state index contributed by atoms with van der Waals surface area (Å²) in [6.45, 7) is 3.44. The van der Waals surface area contributed by atoms with E-state index < -0.39 is 60.5 Å². The minimum Gasteiger partial charge on any atom is -0.382 e. The highest BCUT2D eigenvalue weighted by Crippen LogP contribution is 2.44. The smallest absolute Gasteiger partial charge is 0.382 e. The topological polar surface area (TPSA) is 140 Å². The van der Waals surface area contributed by atoms with Gasteiger partial charge in [0.15, 0.2) is 11.3 Å².